The lowest BCUT2D eigenvalue weighted by Crippen LogP contribution is -2.30. The zero-order valence-electron chi connectivity index (χ0n) is 14.0. The number of hydrogen-bond acceptors (Lipinski definition) is 3. The van der Waals surface area contributed by atoms with E-state index in [0.717, 1.165) is 10.9 Å². The SMILES string of the molecule is CN(C)S(=O)(=O)c1cccc(NC(=S)NCCc2cccc(Br)c2)c1. The van der Waals surface area contributed by atoms with Gasteiger partial charge in [0.05, 0.1) is 4.90 Å². The van der Waals surface area contributed by atoms with Crippen molar-refractivity contribution in [3.63, 3.8) is 0 Å². The summed E-state index contributed by atoms with van der Waals surface area (Å²) in [6, 6.07) is 14.7. The second-order valence-electron chi connectivity index (χ2n) is 5.58. The molecule has 0 fully saturated rings. The van der Waals surface area contributed by atoms with Gasteiger partial charge in [-0.05, 0) is 54.5 Å². The van der Waals surface area contributed by atoms with Crippen LogP contribution in [0, 0.1) is 0 Å². The van der Waals surface area contributed by atoms with Gasteiger partial charge >= 0.3 is 0 Å². The van der Waals surface area contributed by atoms with Crippen LogP contribution in [-0.4, -0.2) is 38.5 Å². The molecule has 0 aliphatic carbocycles. The Morgan fingerprint density at radius 3 is 2.56 bits per heavy atom. The molecule has 8 heteroatoms. The van der Waals surface area contributed by atoms with Crippen LogP contribution in [0.1, 0.15) is 5.56 Å². The van der Waals surface area contributed by atoms with E-state index in [2.05, 4.69) is 38.7 Å². The van der Waals surface area contributed by atoms with Gasteiger partial charge in [0.1, 0.15) is 0 Å². The van der Waals surface area contributed by atoms with E-state index in [4.69, 9.17) is 12.2 Å². The van der Waals surface area contributed by atoms with Crippen LogP contribution in [0.5, 0.6) is 0 Å². The van der Waals surface area contributed by atoms with Crippen molar-refractivity contribution >= 4 is 49.0 Å². The minimum Gasteiger partial charge on any atom is -0.362 e. The second-order valence-corrected chi connectivity index (χ2v) is 9.05. The predicted octanol–water partition coefficient (Wildman–Crippen LogP) is 3.23. The molecule has 0 atom stereocenters. The molecule has 0 saturated carbocycles. The summed E-state index contributed by atoms with van der Waals surface area (Å²) in [6.07, 6.45) is 0.830. The number of sulfonamides is 1. The molecule has 0 aliphatic rings. The summed E-state index contributed by atoms with van der Waals surface area (Å²) in [5.74, 6) is 0. The van der Waals surface area contributed by atoms with Gasteiger partial charge in [-0.2, -0.15) is 0 Å². The topological polar surface area (TPSA) is 61.4 Å². The molecule has 2 N–H and O–H groups in total. The Labute approximate surface area is 162 Å². The van der Waals surface area contributed by atoms with Crippen LogP contribution in [0.25, 0.3) is 0 Å². The molecule has 0 unspecified atom stereocenters. The van der Waals surface area contributed by atoms with E-state index in [1.807, 2.05) is 12.1 Å². The summed E-state index contributed by atoms with van der Waals surface area (Å²) in [4.78, 5) is 0.222. The summed E-state index contributed by atoms with van der Waals surface area (Å²) in [6.45, 7) is 0.679. The zero-order valence-corrected chi connectivity index (χ0v) is 17.2. The fraction of sp³-hybridized carbons (Fsp3) is 0.235. The highest BCUT2D eigenvalue weighted by atomic mass is 79.9. The van der Waals surface area contributed by atoms with Crippen molar-refractivity contribution < 1.29 is 8.42 Å². The minimum atomic E-state index is -3.47. The maximum Gasteiger partial charge on any atom is 0.242 e. The molecule has 2 aromatic carbocycles. The van der Waals surface area contributed by atoms with Gasteiger partial charge in [0, 0.05) is 30.8 Å². The van der Waals surface area contributed by atoms with E-state index in [0.29, 0.717) is 17.3 Å². The lowest BCUT2D eigenvalue weighted by atomic mass is 10.1. The number of thiocarbonyl (C=S) groups is 1. The first-order valence-corrected chi connectivity index (χ1v) is 10.2. The van der Waals surface area contributed by atoms with Gasteiger partial charge in [-0.25, -0.2) is 12.7 Å². The predicted molar refractivity (Wildman–Crippen MR) is 109 cm³/mol. The third-order valence-electron chi connectivity index (χ3n) is 3.46. The highest BCUT2D eigenvalue weighted by Gasteiger charge is 2.17. The van der Waals surface area contributed by atoms with Crippen LogP contribution in [-0.2, 0) is 16.4 Å². The summed E-state index contributed by atoms with van der Waals surface area (Å²) in [5, 5.41) is 6.60. The van der Waals surface area contributed by atoms with Crippen molar-refractivity contribution in [2.45, 2.75) is 11.3 Å². The Kier molecular flexibility index (Phi) is 6.95. The van der Waals surface area contributed by atoms with Crippen molar-refractivity contribution in [1.82, 2.24) is 9.62 Å². The van der Waals surface area contributed by atoms with E-state index in [1.165, 1.54) is 24.0 Å². The Morgan fingerprint density at radius 1 is 1.16 bits per heavy atom. The van der Waals surface area contributed by atoms with Crippen molar-refractivity contribution in [1.29, 1.82) is 0 Å². The molecule has 0 aromatic heterocycles. The largest absolute Gasteiger partial charge is 0.362 e. The number of anilines is 1. The van der Waals surface area contributed by atoms with E-state index in [1.54, 1.807) is 24.3 Å². The van der Waals surface area contributed by atoms with E-state index >= 15 is 0 Å². The maximum absolute atomic E-state index is 12.2. The van der Waals surface area contributed by atoms with Crippen LogP contribution >= 0.6 is 28.1 Å². The summed E-state index contributed by atoms with van der Waals surface area (Å²) in [5.41, 5.74) is 1.83. The average Bonchev–Trinajstić information content (AvgIpc) is 2.55. The fourth-order valence-electron chi connectivity index (χ4n) is 2.13. The quantitative estimate of drug-likeness (QED) is 0.673. The summed E-state index contributed by atoms with van der Waals surface area (Å²) >= 11 is 8.72. The average molecular weight is 442 g/mol. The lowest BCUT2D eigenvalue weighted by Gasteiger charge is -2.14. The Hall–Kier alpha value is -1.48. The molecule has 0 spiro atoms. The normalized spacial score (nSPS) is 11.4. The smallest absolute Gasteiger partial charge is 0.242 e. The van der Waals surface area contributed by atoms with Crippen molar-refractivity contribution in [3.8, 4) is 0 Å². The molecule has 2 aromatic rings. The van der Waals surface area contributed by atoms with Crippen LogP contribution in [0.15, 0.2) is 57.9 Å². The third kappa shape index (κ3) is 5.78. The summed E-state index contributed by atoms with van der Waals surface area (Å²) < 4.78 is 26.6. The molecule has 0 amide bonds. The monoisotopic (exact) mass is 441 g/mol. The zero-order chi connectivity index (χ0) is 18.4. The van der Waals surface area contributed by atoms with Crippen LogP contribution < -0.4 is 10.6 Å². The molecule has 2 rings (SSSR count). The van der Waals surface area contributed by atoms with E-state index in [9.17, 15) is 8.42 Å². The van der Waals surface area contributed by atoms with E-state index < -0.39 is 10.0 Å². The number of nitrogens with one attached hydrogen (secondary N) is 2. The second kappa shape index (κ2) is 8.75. The molecule has 0 bridgehead atoms. The molecule has 0 heterocycles. The number of hydrogen-bond donors (Lipinski definition) is 2. The standard InChI is InChI=1S/C17H20BrN3O2S2/c1-21(2)25(22,23)16-8-4-7-15(12-16)20-17(24)19-10-9-13-5-3-6-14(18)11-13/h3-8,11-12H,9-10H2,1-2H3,(H2,19,20,24). The minimum absolute atomic E-state index is 0.222. The fourth-order valence-corrected chi connectivity index (χ4v) is 3.75. The van der Waals surface area contributed by atoms with Gasteiger partial charge in [0.2, 0.25) is 10.0 Å². The number of benzene rings is 2. The highest BCUT2D eigenvalue weighted by Crippen LogP contribution is 2.18. The van der Waals surface area contributed by atoms with Crippen molar-refractivity contribution in [2.24, 2.45) is 0 Å². The van der Waals surface area contributed by atoms with Gasteiger partial charge in [-0.15, -0.1) is 0 Å². The maximum atomic E-state index is 12.2. The highest BCUT2D eigenvalue weighted by molar-refractivity contribution is 9.10. The molecule has 0 radical (unpaired) electrons. The Bertz CT molecular complexity index is 854. The van der Waals surface area contributed by atoms with Crippen molar-refractivity contribution in [3.05, 3.63) is 58.6 Å². The number of nitrogens with zero attached hydrogens (tertiary/aromatic N) is 1. The first-order chi connectivity index (χ1) is 11.8. The molecule has 134 valence electrons. The van der Waals surface area contributed by atoms with Gasteiger partial charge in [-0.1, -0.05) is 34.1 Å². The first kappa shape index (κ1) is 19.8. The van der Waals surface area contributed by atoms with Crippen LogP contribution in [0.2, 0.25) is 0 Å². The Morgan fingerprint density at radius 2 is 1.88 bits per heavy atom. The Balaban J connectivity index is 1.92. The van der Waals surface area contributed by atoms with E-state index in [-0.39, 0.29) is 4.90 Å². The molecular weight excluding hydrogens is 422 g/mol. The van der Waals surface area contributed by atoms with Gasteiger partial charge in [0.25, 0.3) is 0 Å². The molecule has 0 saturated heterocycles. The lowest BCUT2D eigenvalue weighted by molar-refractivity contribution is 0.521. The molecule has 0 aliphatic heterocycles. The molecule has 5 nitrogen and oxygen atoms in total. The molecular formula is C17H20BrN3O2S2. The van der Waals surface area contributed by atoms with Crippen molar-refractivity contribution in [2.75, 3.05) is 26.0 Å². The third-order valence-corrected chi connectivity index (χ3v) is 6.01. The van der Waals surface area contributed by atoms with Gasteiger partial charge in [-0.3, -0.25) is 0 Å². The van der Waals surface area contributed by atoms with Gasteiger partial charge in [0.15, 0.2) is 5.11 Å². The summed E-state index contributed by atoms with van der Waals surface area (Å²) in [7, 11) is -0.460. The van der Waals surface area contributed by atoms with Crippen LogP contribution in [0.4, 0.5) is 5.69 Å². The number of rotatable bonds is 6. The van der Waals surface area contributed by atoms with Gasteiger partial charge < -0.3 is 10.6 Å². The molecule has 25 heavy (non-hydrogen) atoms. The number of halogens is 1. The first-order valence-electron chi connectivity index (χ1n) is 7.61. The van der Waals surface area contributed by atoms with Crippen LogP contribution in [0.3, 0.4) is 0 Å².